The molecule has 0 spiro atoms. The number of aromatic amines is 1. The van der Waals surface area contributed by atoms with E-state index in [1.807, 2.05) is 61.7 Å². The molecule has 0 unspecified atom stereocenters. The summed E-state index contributed by atoms with van der Waals surface area (Å²) in [5, 5.41) is 4.32. The van der Waals surface area contributed by atoms with Crippen molar-refractivity contribution in [1.82, 2.24) is 10.3 Å². The third kappa shape index (κ3) is 4.79. The van der Waals surface area contributed by atoms with Crippen LogP contribution >= 0.6 is 0 Å². The number of para-hydroxylation sites is 1. The first kappa shape index (κ1) is 23.4. The SMILES string of the molecule is CCc1cccc2c([C@H](CC(=O)N[C@@H](C)c3ccccc3)c3ccc(OC)c(OC)c3)c[nH]c12. The Morgan fingerprint density at radius 1 is 0.941 bits per heavy atom. The van der Waals surface area contributed by atoms with Crippen LogP contribution in [-0.2, 0) is 11.2 Å². The fourth-order valence-corrected chi connectivity index (χ4v) is 4.61. The Morgan fingerprint density at radius 3 is 2.41 bits per heavy atom. The van der Waals surface area contributed by atoms with Crippen molar-refractivity contribution in [1.29, 1.82) is 0 Å². The molecule has 2 N–H and O–H groups in total. The number of hydrogen-bond acceptors (Lipinski definition) is 3. The molecule has 0 saturated carbocycles. The van der Waals surface area contributed by atoms with E-state index in [-0.39, 0.29) is 17.9 Å². The molecule has 34 heavy (non-hydrogen) atoms. The average molecular weight is 457 g/mol. The van der Waals surface area contributed by atoms with E-state index in [9.17, 15) is 4.79 Å². The maximum Gasteiger partial charge on any atom is 0.221 e. The van der Waals surface area contributed by atoms with Crippen LogP contribution in [0.2, 0.25) is 0 Å². The molecule has 176 valence electrons. The zero-order valence-electron chi connectivity index (χ0n) is 20.2. The number of carbonyl (C=O) groups excluding carboxylic acids is 1. The second-order valence-corrected chi connectivity index (χ2v) is 8.51. The molecule has 0 aliphatic carbocycles. The number of fused-ring (bicyclic) bond motifs is 1. The minimum Gasteiger partial charge on any atom is -0.493 e. The van der Waals surface area contributed by atoms with Crippen molar-refractivity contribution in [2.45, 2.75) is 38.6 Å². The Balaban J connectivity index is 1.71. The highest BCUT2D eigenvalue weighted by Crippen LogP contribution is 2.38. The number of H-pyrrole nitrogens is 1. The lowest BCUT2D eigenvalue weighted by Gasteiger charge is -2.21. The summed E-state index contributed by atoms with van der Waals surface area (Å²) >= 11 is 0. The van der Waals surface area contributed by atoms with E-state index >= 15 is 0 Å². The van der Waals surface area contributed by atoms with Crippen molar-refractivity contribution in [2.75, 3.05) is 14.2 Å². The van der Waals surface area contributed by atoms with E-state index in [0.29, 0.717) is 17.9 Å². The van der Waals surface area contributed by atoms with Crippen molar-refractivity contribution < 1.29 is 14.3 Å². The van der Waals surface area contributed by atoms with Gasteiger partial charge in [0.15, 0.2) is 11.5 Å². The molecule has 0 radical (unpaired) electrons. The second-order valence-electron chi connectivity index (χ2n) is 8.51. The molecule has 0 aliphatic heterocycles. The van der Waals surface area contributed by atoms with Gasteiger partial charge in [-0.05, 0) is 47.7 Å². The number of aromatic nitrogens is 1. The van der Waals surface area contributed by atoms with Gasteiger partial charge in [-0.1, -0.05) is 61.5 Å². The smallest absolute Gasteiger partial charge is 0.221 e. The molecule has 1 amide bonds. The van der Waals surface area contributed by atoms with Crippen molar-refractivity contribution in [3.8, 4) is 11.5 Å². The summed E-state index contributed by atoms with van der Waals surface area (Å²) in [5.41, 5.74) is 5.57. The van der Waals surface area contributed by atoms with Crippen LogP contribution in [0.25, 0.3) is 10.9 Å². The lowest BCUT2D eigenvalue weighted by Crippen LogP contribution is -2.28. The van der Waals surface area contributed by atoms with E-state index in [4.69, 9.17) is 9.47 Å². The Hall–Kier alpha value is -3.73. The van der Waals surface area contributed by atoms with Crippen molar-refractivity contribution in [3.05, 3.63) is 95.2 Å². The number of hydrogen-bond donors (Lipinski definition) is 2. The van der Waals surface area contributed by atoms with Gasteiger partial charge < -0.3 is 19.8 Å². The Labute approximate surface area is 201 Å². The standard InChI is InChI=1S/C29H32N2O3/c1-5-20-12-9-13-23-25(18-30-29(20)23)24(22-14-15-26(33-3)27(16-22)34-4)17-28(32)31-19(2)21-10-7-6-8-11-21/h6-16,18-19,24,30H,5,17H2,1-4H3,(H,31,32)/t19-,24+/m0/s1. The molecule has 0 saturated heterocycles. The van der Waals surface area contributed by atoms with E-state index in [1.165, 1.54) is 5.56 Å². The van der Waals surface area contributed by atoms with Crippen LogP contribution < -0.4 is 14.8 Å². The van der Waals surface area contributed by atoms with Gasteiger partial charge in [-0.25, -0.2) is 0 Å². The van der Waals surface area contributed by atoms with Gasteiger partial charge in [0, 0.05) is 29.4 Å². The van der Waals surface area contributed by atoms with E-state index in [2.05, 4.69) is 35.4 Å². The van der Waals surface area contributed by atoms with Gasteiger partial charge in [-0.2, -0.15) is 0 Å². The molecule has 2 atom stereocenters. The molecule has 5 nitrogen and oxygen atoms in total. The lowest BCUT2D eigenvalue weighted by atomic mass is 9.87. The molecule has 4 rings (SSSR count). The second kappa shape index (κ2) is 10.5. The molecule has 0 aliphatic rings. The number of nitrogens with one attached hydrogen (secondary N) is 2. The van der Waals surface area contributed by atoms with Crippen LogP contribution in [0, 0.1) is 0 Å². The number of methoxy groups -OCH3 is 2. The summed E-state index contributed by atoms with van der Waals surface area (Å²) in [6.07, 6.45) is 3.29. The first-order valence-corrected chi connectivity index (χ1v) is 11.7. The molecule has 0 fully saturated rings. The summed E-state index contributed by atoms with van der Waals surface area (Å²) in [6, 6.07) is 22.2. The number of carbonyl (C=O) groups is 1. The average Bonchev–Trinajstić information content (AvgIpc) is 3.31. The number of amides is 1. The largest absolute Gasteiger partial charge is 0.493 e. The predicted molar refractivity (Wildman–Crippen MR) is 137 cm³/mol. The maximum atomic E-state index is 13.3. The summed E-state index contributed by atoms with van der Waals surface area (Å²) < 4.78 is 11.0. The minimum atomic E-state index is -0.149. The molecular weight excluding hydrogens is 424 g/mol. The molecule has 4 aromatic rings. The Morgan fingerprint density at radius 2 is 1.71 bits per heavy atom. The van der Waals surface area contributed by atoms with Crippen LogP contribution in [0.5, 0.6) is 11.5 Å². The van der Waals surface area contributed by atoms with Gasteiger partial charge >= 0.3 is 0 Å². The van der Waals surface area contributed by atoms with Crippen LogP contribution in [-0.4, -0.2) is 25.1 Å². The molecule has 1 heterocycles. The summed E-state index contributed by atoms with van der Waals surface area (Å²) in [7, 11) is 3.25. The van der Waals surface area contributed by atoms with Crippen molar-refractivity contribution in [3.63, 3.8) is 0 Å². The number of aryl methyl sites for hydroxylation is 1. The first-order valence-electron chi connectivity index (χ1n) is 11.7. The monoisotopic (exact) mass is 456 g/mol. The highest BCUT2D eigenvalue weighted by molar-refractivity contribution is 5.88. The highest BCUT2D eigenvalue weighted by Gasteiger charge is 2.24. The fraction of sp³-hybridized carbons (Fsp3) is 0.276. The van der Waals surface area contributed by atoms with E-state index < -0.39 is 0 Å². The van der Waals surface area contributed by atoms with Gasteiger partial charge in [0.25, 0.3) is 0 Å². The summed E-state index contributed by atoms with van der Waals surface area (Å²) in [5.74, 6) is 1.16. The van der Waals surface area contributed by atoms with Gasteiger partial charge in [0.2, 0.25) is 5.91 Å². The predicted octanol–water partition coefficient (Wildman–Crippen LogP) is 6.15. The molecule has 1 aromatic heterocycles. The van der Waals surface area contributed by atoms with Crippen molar-refractivity contribution in [2.24, 2.45) is 0 Å². The fourth-order valence-electron chi connectivity index (χ4n) is 4.61. The Kier molecular flexibility index (Phi) is 7.21. The minimum absolute atomic E-state index is 0.00265. The van der Waals surface area contributed by atoms with Crippen LogP contribution in [0.1, 0.15) is 54.5 Å². The first-order chi connectivity index (χ1) is 16.5. The number of ether oxygens (including phenoxy) is 2. The van der Waals surface area contributed by atoms with Gasteiger partial charge in [0.1, 0.15) is 0 Å². The van der Waals surface area contributed by atoms with E-state index in [1.54, 1.807) is 14.2 Å². The van der Waals surface area contributed by atoms with Gasteiger partial charge in [-0.15, -0.1) is 0 Å². The summed E-state index contributed by atoms with van der Waals surface area (Å²) in [4.78, 5) is 16.7. The molecule has 5 heteroatoms. The third-order valence-corrected chi connectivity index (χ3v) is 6.47. The maximum absolute atomic E-state index is 13.3. The number of rotatable bonds is 9. The lowest BCUT2D eigenvalue weighted by molar-refractivity contribution is -0.121. The topological polar surface area (TPSA) is 63.4 Å². The number of benzene rings is 3. The van der Waals surface area contributed by atoms with E-state index in [0.717, 1.165) is 34.0 Å². The normalized spacial score (nSPS) is 12.8. The molecular formula is C29H32N2O3. The van der Waals surface area contributed by atoms with Gasteiger partial charge in [0.05, 0.1) is 20.3 Å². The van der Waals surface area contributed by atoms with Crippen LogP contribution in [0.15, 0.2) is 72.9 Å². The zero-order valence-corrected chi connectivity index (χ0v) is 20.2. The van der Waals surface area contributed by atoms with Gasteiger partial charge in [-0.3, -0.25) is 4.79 Å². The third-order valence-electron chi connectivity index (χ3n) is 6.47. The van der Waals surface area contributed by atoms with Crippen LogP contribution in [0.3, 0.4) is 0 Å². The quantitative estimate of drug-likeness (QED) is 0.318. The molecule has 3 aromatic carbocycles. The van der Waals surface area contributed by atoms with Crippen molar-refractivity contribution >= 4 is 16.8 Å². The van der Waals surface area contributed by atoms with Crippen LogP contribution in [0.4, 0.5) is 0 Å². The zero-order chi connectivity index (χ0) is 24.1. The highest BCUT2D eigenvalue weighted by atomic mass is 16.5. The molecule has 0 bridgehead atoms. The Bertz CT molecular complexity index is 1260. The summed E-state index contributed by atoms with van der Waals surface area (Å²) in [6.45, 7) is 4.16.